The summed E-state index contributed by atoms with van der Waals surface area (Å²) in [6.45, 7) is 11.8. The Bertz CT molecular complexity index is 3400. The molecule has 7 heterocycles. The Morgan fingerprint density at radius 2 is 1.09 bits per heavy atom. The number of aromatic nitrogens is 12. The van der Waals surface area contributed by atoms with Crippen LogP contribution in [-0.4, -0.2) is 127 Å². The number of H-pyrrole nitrogens is 3. The summed E-state index contributed by atoms with van der Waals surface area (Å²) in [5.74, 6) is 1.96. The summed E-state index contributed by atoms with van der Waals surface area (Å²) in [4.78, 5) is 89.0. The van der Waals surface area contributed by atoms with Gasteiger partial charge in [0.15, 0.2) is 34.4 Å². The molecule has 1 aliphatic rings. The maximum atomic E-state index is 12.6. The maximum absolute atomic E-state index is 12.6. The van der Waals surface area contributed by atoms with Gasteiger partial charge in [-0.05, 0) is 49.6 Å². The summed E-state index contributed by atoms with van der Waals surface area (Å²) in [6.07, 6.45) is 7.69. The molecule has 8 aromatic rings. The number of nitro groups is 2. The normalized spacial score (nSPS) is 12.6. The van der Waals surface area contributed by atoms with Crippen LogP contribution in [0.25, 0.3) is 33.5 Å². The first-order valence-corrected chi connectivity index (χ1v) is 24.8. The third kappa shape index (κ3) is 13.3. The van der Waals surface area contributed by atoms with Crippen molar-refractivity contribution >= 4 is 97.5 Å². The van der Waals surface area contributed by atoms with Crippen LogP contribution >= 0.6 is 11.6 Å². The molecule has 0 spiro atoms. The van der Waals surface area contributed by atoms with Gasteiger partial charge in [-0.2, -0.15) is 29.9 Å². The van der Waals surface area contributed by atoms with Crippen LogP contribution < -0.4 is 49.4 Å². The summed E-state index contributed by atoms with van der Waals surface area (Å²) in [7, 11) is 2.04. The van der Waals surface area contributed by atoms with Crippen molar-refractivity contribution in [3.05, 3.63) is 100 Å². The Labute approximate surface area is 433 Å². The van der Waals surface area contributed by atoms with E-state index >= 15 is 0 Å². The molecule has 0 bridgehead atoms. The number of hydrogen-bond donors (Lipinski definition) is 9. The van der Waals surface area contributed by atoms with Gasteiger partial charge in [0.05, 0.1) is 29.3 Å². The van der Waals surface area contributed by atoms with E-state index in [2.05, 4.69) is 91.5 Å². The van der Waals surface area contributed by atoms with Gasteiger partial charge in [0.25, 0.3) is 11.4 Å². The number of nitrogen functional groups attached to an aromatic ring is 3. The van der Waals surface area contributed by atoms with E-state index in [4.69, 9.17) is 28.8 Å². The maximum Gasteiger partial charge on any atom is 0.328 e. The lowest BCUT2D eigenvalue weighted by Crippen LogP contribution is -2.44. The Morgan fingerprint density at radius 1 is 0.640 bits per heavy atom. The van der Waals surface area contributed by atoms with Crippen LogP contribution in [0.1, 0.15) is 70.4 Å². The minimum atomic E-state index is -0.570. The van der Waals surface area contributed by atoms with Crippen LogP contribution in [0.5, 0.6) is 0 Å². The van der Waals surface area contributed by atoms with Crippen LogP contribution in [0.2, 0.25) is 5.02 Å². The van der Waals surface area contributed by atoms with Crippen molar-refractivity contribution in [3.8, 4) is 0 Å². The highest BCUT2D eigenvalue weighted by Gasteiger charge is 2.24. The summed E-state index contributed by atoms with van der Waals surface area (Å²) >= 11 is 5.84. The average Bonchev–Trinajstić information content (AvgIpc) is 4.09. The molecular formula is C46H61ClN22O6. The van der Waals surface area contributed by atoms with Crippen molar-refractivity contribution < 1.29 is 9.85 Å². The number of unbranched alkanes of at least 4 members (excludes halogenated alkanes) is 3. The van der Waals surface area contributed by atoms with E-state index in [9.17, 15) is 29.8 Å². The Kier molecular flexibility index (Phi) is 17.9. The molecule has 9 rings (SSSR count). The van der Waals surface area contributed by atoms with Crippen LogP contribution in [0.15, 0.2) is 52.3 Å². The van der Waals surface area contributed by atoms with Crippen LogP contribution in [0, 0.1) is 20.2 Å². The second-order valence-corrected chi connectivity index (χ2v) is 18.0. The SMILES string of the molecule is CCCCNc1nc(N)c2[nH]c(=O)n(Cc3ccc(Cl)c([N+](=O)[O-])c3)c2n1.CCCCNc1nc(N)c2[nH]c(=O)n(Cc3ccc(N4CCN(C)CC4)c([N+](=O)[O-])c3)c2n1.CCCCNc1nc(N)c2[nH]cnc2n1. The van der Waals surface area contributed by atoms with E-state index in [1.807, 2.05) is 18.0 Å². The fourth-order valence-corrected chi connectivity index (χ4v) is 8.10. The monoisotopic (exact) mass is 1050 g/mol. The number of anilines is 7. The van der Waals surface area contributed by atoms with Gasteiger partial charge in [0.1, 0.15) is 27.3 Å². The number of nitrogens with one attached hydrogen (secondary N) is 6. The molecule has 398 valence electrons. The molecule has 6 aromatic heterocycles. The van der Waals surface area contributed by atoms with Crippen LogP contribution in [0.3, 0.4) is 0 Å². The highest BCUT2D eigenvalue weighted by Crippen LogP contribution is 2.31. The molecule has 0 unspecified atom stereocenters. The molecule has 1 aliphatic heterocycles. The first-order chi connectivity index (χ1) is 36.1. The number of fused-ring (bicyclic) bond motifs is 3. The quantitative estimate of drug-likeness (QED) is 0.0282. The van der Waals surface area contributed by atoms with Crippen molar-refractivity contribution in [2.75, 3.05) is 90.9 Å². The average molecular weight is 1050 g/mol. The molecule has 0 amide bonds. The van der Waals surface area contributed by atoms with Crippen LogP contribution in [-0.2, 0) is 13.1 Å². The number of likely N-dealkylation sites (N-methyl/N-ethyl adjacent to an activating group) is 1. The number of hydrogen-bond acceptors (Lipinski definition) is 21. The fourth-order valence-electron chi connectivity index (χ4n) is 7.91. The number of rotatable bonds is 19. The molecule has 12 N–H and O–H groups in total. The lowest BCUT2D eigenvalue weighted by Gasteiger charge is -2.33. The summed E-state index contributed by atoms with van der Waals surface area (Å²) in [5.41, 5.74) is 21.1. The van der Waals surface area contributed by atoms with Gasteiger partial charge in [-0.15, -0.1) is 0 Å². The molecule has 2 aromatic carbocycles. The number of aromatic amines is 3. The molecule has 28 nitrogen and oxygen atoms in total. The van der Waals surface area contributed by atoms with E-state index in [1.54, 1.807) is 18.5 Å². The predicted molar refractivity (Wildman–Crippen MR) is 291 cm³/mol. The third-order valence-corrected chi connectivity index (χ3v) is 12.3. The molecule has 0 aliphatic carbocycles. The van der Waals surface area contributed by atoms with Crippen molar-refractivity contribution in [2.45, 2.75) is 72.4 Å². The van der Waals surface area contributed by atoms with E-state index in [1.165, 1.54) is 27.3 Å². The molecule has 1 saturated heterocycles. The predicted octanol–water partition coefficient (Wildman–Crippen LogP) is 5.29. The second-order valence-electron chi connectivity index (χ2n) is 17.6. The first-order valence-electron chi connectivity index (χ1n) is 24.4. The number of nitrogens with zero attached hydrogens (tertiary/aromatic N) is 13. The Hall–Kier alpha value is -8.66. The van der Waals surface area contributed by atoms with Crippen molar-refractivity contribution in [3.63, 3.8) is 0 Å². The minimum absolute atomic E-state index is 0.0287. The number of benzene rings is 2. The van der Waals surface area contributed by atoms with Crippen LogP contribution in [0.4, 0.5) is 52.4 Å². The number of halogens is 1. The molecule has 0 radical (unpaired) electrons. The zero-order valence-corrected chi connectivity index (χ0v) is 42.8. The molecule has 1 fully saturated rings. The van der Waals surface area contributed by atoms with Crippen molar-refractivity contribution in [2.24, 2.45) is 0 Å². The molecule has 0 atom stereocenters. The number of piperazine rings is 1. The van der Waals surface area contributed by atoms with Gasteiger partial charge >= 0.3 is 11.4 Å². The lowest BCUT2D eigenvalue weighted by molar-refractivity contribution is -0.384. The number of imidazole rings is 3. The Balaban J connectivity index is 0.000000175. The molecule has 0 saturated carbocycles. The van der Waals surface area contributed by atoms with Crippen molar-refractivity contribution in [1.82, 2.24) is 63.9 Å². The molecule has 29 heteroatoms. The zero-order valence-electron chi connectivity index (χ0n) is 42.0. The van der Waals surface area contributed by atoms with E-state index < -0.39 is 16.3 Å². The van der Waals surface area contributed by atoms with Gasteiger partial charge < -0.3 is 57.9 Å². The second kappa shape index (κ2) is 24.8. The van der Waals surface area contributed by atoms with Gasteiger partial charge in [-0.3, -0.25) is 29.4 Å². The van der Waals surface area contributed by atoms with Gasteiger partial charge in [0, 0.05) is 57.9 Å². The van der Waals surface area contributed by atoms with Gasteiger partial charge in [0.2, 0.25) is 17.8 Å². The molecular weight excluding hydrogens is 992 g/mol. The largest absolute Gasteiger partial charge is 0.382 e. The van der Waals surface area contributed by atoms with E-state index in [-0.39, 0.29) is 46.0 Å². The summed E-state index contributed by atoms with van der Waals surface area (Å²) in [5, 5.41) is 32.2. The smallest absolute Gasteiger partial charge is 0.328 e. The van der Waals surface area contributed by atoms with Gasteiger partial charge in [-0.1, -0.05) is 63.8 Å². The highest BCUT2D eigenvalue weighted by atomic mass is 35.5. The third-order valence-electron chi connectivity index (χ3n) is 12.0. The van der Waals surface area contributed by atoms with Crippen molar-refractivity contribution in [1.29, 1.82) is 0 Å². The zero-order chi connectivity index (χ0) is 53.8. The fraction of sp³-hybridized carbons (Fsp3) is 0.413. The van der Waals surface area contributed by atoms with Gasteiger partial charge in [-0.25, -0.2) is 14.6 Å². The van der Waals surface area contributed by atoms with E-state index in [0.29, 0.717) is 87.1 Å². The number of nitro benzene ring substituents is 2. The molecule has 75 heavy (non-hydrogen) atoms. The standard InChI is InChI=1S/C21H29N9O3.C16H18ClN7O3.C9H14N6/c1-3-4-7-23-20-25-18(22)17-19(26-20)29(21(31)24-17)13-14-5-6-15(16(12-14)30(32)33)28-10-8-27(2)9-11-28;1-2-3-6-19-15-21-13(18)12-14(22-15)23(16(25)20-12)8-9-4-5-10(17)11(7-9)24(26)27;1-2-3-4-11-9-14-7(10)6-8(15-9)13-5-12-6/h5-6,12H,3-4,7-11,13H2,1-2H3,(H,24,31)(H3,22,23,25,26);4-5,7H,2-3,6,8H2,1H3,(H,20,25)(H3,18,19,21,22);5H,2-4H2,1H3,(H4,10,11,12,13,14,15). The minimum Gasteiger partial charge on any atom is -0.382 e. The summed E-state index contributed by atoms with van der Waals surface area (Å²) < 4.78 is 2.78. The summed E-state index contributed by atoms with van der Waals surface area (Å²) in [6, 6.07) is 9.49. The number of nitrogens with two attached hydrogens (primary N) is 3. The first kappa shape index (κ1) is 54.1. The lowest BCUT2D eigenvalue weighted by atomic mass is 10.1. The Morgan fingerprint density at radius 3 is 1.57 bits per heavy atom. The topological polar surface area (TPSA) is 389 Å². The van der Waals surface area contributed by atoms with E-state index in [0.717, 1.165) is 71.2 Å². The highest BCUT2D eigenvalue weighted by molar-refractivity contribution is 6.32.